The van der Waals surface area contributed by atoms with Crippen LogP contribution in [0.3, 0.4) is 0 Å². The standard InChI is InChI=1S/C9H10BrN/c10-9-6-11-5-4-8(9)7-2-1-3-7/h4-7H,1-3H2. The van der Waals surface area contributed by atoms with Gasteiger partial charge in [0.2, 0.25) is 0 Å². The summed E-state index contributed by atoms with van der Waals surface area (Å²) >= 11 is 3.51. The zero-order chi connectivity index (χ0) is 7.68. The van der Waals surface area contributed by atoms with Crippen LogP contribution >= 0.6 is 15.9 Å². The third-order valence-electron chi connectivity index (χ3n) is 2.35. The lowest BCUT2D eigenvalue weighted by Crippen LogP contribution is -2.09. The van der Waals surface area contributed by atoms with Crippen LogP contribution in [0.4, 0.5) is 0 Å². The summed E-state index contributed by atoms with van der Waals surface area (Å²) in [5.74, 6) is 0.798. The molecule has 1 saturated carbocycles. The Balaban J connectivity index is 2.28. The van der Waals surface area contributed by atoms with E-state index in [9.17, 15) is 0 Å². The van der Waals surface area contributed by atoms with Crippen LogP contribution < -0.4 is 0 Å². The van der Waals surface area contributed by atoms with Gasteiger partial charge >= 0.3 is 0 Å². The maximum Gasteiger partial charge on any atom is 0.0413 e. The molecule has 0 saturated heterocycles. The van der Waals surface area contributed by atoms with E-state index in [1.807, 2.05) is 12.4 Å². The number of hydrogen-bond donors (Lipinski definition) is 0. The van der Waals surface area contributed by atoms with Gasteiger partial charge in [-0.2, -0.15) is 0 Å². The van der Waals surface area contributed by atoms with Crippen molar-refractivity contribution in [3.05, 3.63) is 28.5 Å². The highest BCUT2D eigenvalue weighted by Gasteiger charge is 2.20. The minimum atomic E-state index is 0.798. The van der Waals surface area contributed by atoms with Gasteiger partial charge in [0.25, 0.3) is 0 Å². The lowest BCUT2D eigenvalue weighted by molar-refractivity contribution is 0.418. The number of hydrogen-bond acceptors (Lipinski definition) is 1. The molecule has 1 aliphatic carbocycles. The van der Waals surface area contributed by atoms with E-state index in [1.165, 1.54) is 29.3 Å². The zero-order valence-electron chi connectivity index (χ0n) is 6.26. The van der Waals surface area contributed by atoms with Crippen LogP contribution in [0.25, 0.3) is 0 Å². The third-order valence-corrected chi connectivity index (χ3v) is 3.01. The van der Waals surface area contributed by atoms with E-state index in [1.54, 1.807) is 0 Å². The van der Waals surface area contributed by atoms with Gasteiger partial charge in [0.1, 0.15) is 0 Å². The molecule has 58 valence electrons. The highest BCUT2D eigenvalue weighted by molar-refractivity contribution is 9.10. The Morgan fingerprint density at radius 1 is 1.45 bits per heavy atom. The van der Waals surface area contributed by atoms with E-state index < -0.39 is 0 Å². The van der Waals surface area contributed by atoms with Crippen molar-refractivity contribution in [1.29, 1.82) is 0 Å². The molecular formula is C9H10BrN. The van der Waals surface area contributed by atoms with E-state index in [2.05, 4.69) is 27.0 Å². The minimum Gasteiger partial charge on any atom is -0.264 e. The number of halogens is 1. The smallest absolute Gasteiger partial charge is 0.0413 e. The SMILES string of the molecule is Brc1cnccc1C1CCC1. The molecule has 1 aromatic rings. The second-order valence-electron chi connectivity index (χ2n) is 3.03. The Bertz CT molecular complexity index is 255. The van der Waals surface area contributed by atoms with Gasteiger partial charge < -0.3 is 0 Å². The van der Waals surface area contributed by atoms with E-state index in [4.69, 9.17) is 0 Å². The molecule has 1 heterocycles. The normalized spacial score (nSPS) is 17.9. The molecule has 1 aliphatic rings. The summed E-state index contributed by atoms with van der Waals surface area (Å²) in [6.07, 6.45) is 7.84. The quantitative estimate of drug-likeness (QED) is 0.696. The summed E-state index contributed by atoms with van der Waals surface area (Å²) in [7, 11) is 0. The molecule has 1 fully saturated rings. The fraction of sp³-hybridized carbons (Fsp3) is 0.444. The molecule has 0 radical (unpaired) electrons. The van der Waals surface area contributed by atoms with Crippen molar-refractivity contribution in [2.75, 3.05) is 0 Å². The van der Waals surface area contributed by atoms with E-state index >= 15 is 0 Å². The first kappa shape index (κ1) is 7.29. The highest BCUT2D eigenvalue weighted by Crippen LogP contribution is 2.38. The lowest BCUT2D eigenvalue weighted by Gasteiger charge is -2.26. The molecule has 0 bridgehead atoms. The summed E-state index contributed by atoms with van der Waals surface area (Å²) in [6, 6.07) is 2.12. The predicted molar refractivity (Wildman–Crippen MR) is 48.5 cm³/mol. The zero-order valence-corrected chi connectivity index (χ0v) is 7.84. The monoisotopic (exact) mass is 211 g/mol. The number of nitrogens with zero attached hydrogens (tertiary/aromatic N) is 1. The molecule has 0 aliphatic heterocycles. The van der Waals surface area contributed by atoms with Crippen molar-refractivity contribution in [2.45, 2.75) is 25.2 Å². The van der Waals surface area contributed by atoms with Gasteiger partial charge in [-0.1, -0.05) is 6.42 Å². The van der Waals surface area contributed by atoms with Crippen LogP contribution in [0.5, 0.6) is 0 Å². The van der Waals surface area contributed by atoms with Crippen LogP contribution in [0.15, 0.2) is 22.9 Å². The van der Waals surface area contributed by atoms with Crippen molar-refractivity contribution in [3.8, 4) is 0 Å². The van der Waals surface area contributed by atoms with Gasteiger partial charge in [0.05, 0.1) is 0 Å². The fourth-order valence-corrected chi connectivity index (χ4v) is 2.01. The molecular weight excluding hydrogens is 202 g/mol. The summed E-state index contributed by atoms with van der Waals surface area (Å²) in [4.78, 5) is 4.04. The van der Waals surface area contributed by atoms with Gasteiger partial charge in [-0.25, -0.2) is 0 Å². The van der Waals surface area contributed by atoms with Crippen molar-refractivity contribution < 1.29 is 0 Å². The van der Waals surface area contributed by atoms with Gasteiger partial charge in [-0.05, 0) is 46.3 Å². The summed E-state index contributed by atoms with van der Waals surface area (Å²) in [5, 5.41) is 0. The first-order chi connectivity index (χ1) is 5.38. The van der Waals surface area contributed by atoms with Gasteiger partial charge in [0, 0.05) is 16.9 Å². The largest absolute Gasteiger partial charge is 0.264 e. The molecule has 0 unspecified atom stereocenters. The van der Waals surface area contributed by atoms with Crippen molar-refractivity contribution in [1.82, 2.24) is 4.98 Å². The predicted octanol–water partition coefficient (Wildman–Crippen LogP) is 3.11. The molecule has 0 aromatic carbocycles. The van der Waals surface area contributed by atoms with Gasteiger partial charge in [0.15, 0.2) is 0 Å². The third kappa shape index (κ3) is 1.32. The Morgan fingerprint density at radius 3 is 2.82 bits per heavy atom. The molecule has 11 heavy (non-hydrogen) atoms. The van der Waals surface area contributed by atoms with E-state index in [0.29, 0.717) is 0 Å². The average Bonchev–Trinajstić information content (AvgIpc) is 1.90. The molecule has 0 amide bonds. The van der Waals surface area contributed by atoms with Crippen LogP contribution in [0, 0.1) is 0 Å². The van der Waals surface area contributed by atoms with Gasteiger partial charge in [-0.15, -0.1) is 0 Å². The Morgan fingerprint density at radius 2 is 2.27 bits per heavy atom. The Kier molecular flexibility index (Phi) is 1.95. The number of rotatable bonds is 1. The average molecular weight is 212 g/mol. The molecule has 0 spiro atoms. The fourth-order valence-electron chi connectivity index (χ4n) is 1.44. The number of pyridine rings is 1. The maximum atomic E-state index is 4.04. The Hall–Kier alpha value is -0.370. The molecule has 2 rings (SSSR count). The number of aromatic nitrogens is 1. The summed E-state index contributed by atoms with van der Waals surface area (Å²) < 4.78 is 1.17. The van der Waals surface area contributed by atoms with Crippen molar-refractivity contribution in [2.24, 2.45) is 0 Å². The van der Waals surface area contributed by atoms with Crippen LogP contribution in [0.2, 0.25) is 0 Å². The first-order valence-electron chi connectivity index (χ1n) is 3.97. The molecule has 0 atom stereocenters. The molecule has 0 N–H and O–H groups in total. The Labute approximate surface area is 75.0 Å². The molecule has 2 heteroatoms. The van der Waals surface area contributed by atoms with Crippen molar-refractivity contribution in [3.63, 3.8) is 0 Å². The topological polar surface area (TPSA) is 12.9 Å². The van der Waals surface area contributed by atoms with Gasteiger partial charge in [-0.3, -0.25) is 4.98 Å². The maximum absolute atomic E-state index is 4.04. The summed E-state index contributed by atoms with van der Waals surface area (Å²) in [6.45, 7) is 0. The van der Waals surface area contributed by atoms with E-state index in [-0.39, 0.29) is 0 Å². The van der Waals surface area contributed by atoms with Crippen LogP contribution in [-0.2, 0) is 0 Å². The molecule has 1 aromatic heterocycles. The lowest BCUT2D eigenvalue weighted by atomic mass is 9.80. The second-order valence-corrected chi connectivity index (χ2v) is 3.88. The second kappa shape index (κ2) is 2.94. The van der Waals surface area contributed by atoms with Crippen LogP contribution in [0.1, 0.15) is 30.7 Å². The van der Waals surface area contributed by atoms with Crippen molar-refractivity contribution >= 4 is 15.9 Å². The minimum absolute atomic E-state index is 0.798. The highest BCUT2D eigenvalue weighted by atomic mass is 79.9. The first-order valence-corrected chi connectivity index (χ1v) is 4.76. The molecule has 1 nitrogen and oxygen atoms in total. The van der Waals surface area contributed by atoms with E-state index in [0.717, 1.165) is 5.92 Å². The summed E-state index contributed by atoms with van der Waals surface area (Å²) in [5.41, 5.74) is 1.44. The van der Waals surface area contributed by atoms with Crippen LogP contribution in [-0.4, -0.2) is 4.98 Å².